The molecular weight excluding hydrogens is 234 g/mol. The Bertz CT molecular complexity index is 622. The van der Waals surface area contributed by atoms with Crippen LogP contribution in [0.2, 0.25) is 0 Å². The third-order valence-corrected chi connectivity index (χ3v) is 3.57. The molecule has 0 aliphatic rings. The van der Waals surface area contributed by atoms with Gasteiger partial charge in [0.15, 0.2) is 0 Å². The number of aromatic nitrogens is 1. The first-order chi connectivity index (χ1) is 7.00. The summed E-state index contributed by atoms with van der Waals surface area (Å²) in [6, 6.07) is 6.59. The molecule has 0 bridgehead atoms. The number of halogens is 1. The molecule has 0 fully saturated rings. The van der Waals surface area contributed by atoms with Gasteiger partial charge in [0, 0.05) is 22.3 Å². The molecule has 0 spiro atoms. The predicted molar refractivity (Wildman–Crippen MR) is 59.5 cm³/mol. The van der Waals surface area contributed by atoms with Gasteiger partial charge in [-0.1, -0.05) is 6.07 Å². The maximum absolute atomic E-state index is 11.3. The van der Waals surface area contributed by atoms with E-state index in [2.05, 4.69) is 4.98 Å². The molecule has 0 radical (unpaired) electrons. The molecule has 0 amide bonds. The lowest BCUT2D eigenvalue weighted by Crippen LogP contribution is -1.94. The van der Waals surface area contributed by atoms with E-state index < -0.39 is 9.05 Å². The lowest BCUT2D eigenvalue weighted by Gasteiger charge is -2.04. The van der Waals surface area contributed by atoms with Crippen molar-refractivity contribution in [3.8, 4) is 0 Å². The van der Waals surface area contributed by atoms with Crippen LogP contribution in [-0.2, 0) is 9.05 Å². The van der Waals surface area contributed by atoms with E-state index in [-0.39, 0.29) is 4.90 Å². The minimum Gasteiger partial charge on any atom is -0.256 e. The Hall–Kier alpha value is -1.13. The highest BCUT2D eigenvalue weighted by molar-refractivity contribution is 8.14. The molecule has 0 saturated heterocycles. The maximum Gasteiger partial charge on any atom is 0.261 e. The van der Waals surface area contributed by atoms with Gasteiger partial charge in [-0.25, -0.2) is 8.42 Å². The van der Waals surface area contributed by atoms with Crippen LogP contribution >= 0.6 is 10.7 Å². The molecule has 1 aromatic heterocycles. The molecule has 0 N–H and O–H groups in total. The van der Waals surface area contributed by atoms with Gasteiger partial charge < -0.3 is 0 Å². The summed E-state index contributed by atoms with van der Waals surface area (Å²) >= 11 is 0. The SMILES string of the molecule is Cc1ccc(S(=O)(=O)Cl)c2cccnc12. The van der Waals surface area contributed by atoms with Crippen LogP contribution in [0.1, 0.15) is 5.56 Å². The number of pyridine rings is 1. The van der Waals surface area contributed by atoms with Crippen LogP contribution in [0.3, 0.4) is 0 Å². The molecular formula is C10H8ClNO2S. The number of aryl methyl sites for hydroxylation is 1. The fourth-order valence-corrected chi connectivity index (χ4v) is 2.56. The summed E-state index contributed by atoms with van der Waals surface area (Å²) in [6.45, 7) is 1.87. The maximum atomic E-state index is 11.3. The highest BCUT2D eigenvalue weighted by Gasteiger charge is 2.14. The van der Waals surface area contributed by atoms with E-state index >= 15 is 0 Å². The normalized spacial score (nSPS) is 11.9. The van der Waals surface area contributed by atoms with Gasteiger partial charge in [0.2, 0.25) is 0 Å². The second-order valence-corrected chi connectivity index (χ2v) is 5.75. The Kier molecular flexibility index (Phi) is 2.40. The van der Waals surface area contributed by atoms with Crippen molar-refractivity contribution in [3.05, 3.63) is 36.0 Å². The van der Waals surface area contributed by atoms with Crippen molar-refractivity contribution in [2.75, 3.05) is 0 Å². The summed E-state index contributed by atoms with van der Waals surface area (Å²) in [4.78, 5) is 4.24. The molecule has 2 rings (SSSR count). The topological polar surface area (TPSA) is 47.0 Å². The van der Waals surface area contributed by atoms with Gasteiger partial charge in [-0.2, -0.15) is 0 Å². The number of benzene rings is 1. The first-order valence-corrected chi connectivity index (χ1v) is 6.60. The average molecular weight is 242 g/mol. The molecule has 0 saturated carbocycles. The van der Waals surface area contributed by atoms with Crippen molar-refractivity contribution in [1.29, 1.82) is 0 Å². The fraction of sp³-hybridized carbons (Fsp3) is 0.100. The molecule has 5 heteroatoms. The van der Waals surface area contributed by atoms with Gasteiger partial charge in [-0.05, 0) is 30.7 Å². The van der Waals surface area contributed by atoms with Crippen LogP contribution in [0.25, 0.3) is 10.9 Å². The second kappa shape index (κ2) is 3.47. The van der Waals surface area contributed by atoms with Crippen molar-refractivity contribution in [2.45, 2.75) is 11.8 Å². The van der Waals surface area contributed by atoms with Gasteiger partial charge in [0.25, 0.3) is 9.05 Å². The van der Waals surface area contributed by atoms with Crippen LogP contribution in [0.15, 0.2) is 35.4 Å². The van der Waals surface area contributed by atoms with Crippen LogP contribution in [0.4, 0.5) is 0 Å². The van der Waals surface area contributed by atoms with E-state index in [0.717, 1.165) is 5.56 Å². The van der Waals surface area contributed by atoms with Gasteiger partial charge in [0.1, 0.15) is 0 Å². The number of hydrogen-bond donors (Lipinski definition) is 0. The Morgan fingerprint density at radius 3 is 2.67 bits per heavy atom. The smallest absolute Gasteiger partial charge is 0.256 e. The monoisotopic (exact) mass is 241 g/mol. The molecule has 78 valence electrons. The first-order valence-electron chi connectivity index (χ1n) is 4.29. The number of rotatable bonds is 1. The number of hydrogen-bond acceptors (Lipinski definition) is 3. The van der Waals surface area contributed by atoms with Crippen LogP contribution < -0.4 is 0 Å². The summed E-state index contributed by atoms with van der Waals surface area (Å²) in [7, 11) is 1.62. The quantitative estimate of drug-likeness (QED) is 0.721. The fourth-order valence-electron chi connectivity index (χ4n) is 1.50. The van der Waals surface area contributed by atoms with Gasteiger partial charge in [-0.15, -0.1) is 0 Å². The molecule has 15 heavy (non-hydrogen) atoms. The Morgan fingerprint density at radius 1 is 1.27 bits per heavy atom. The summed E-state index contributed by atoms with van der Waals surface area (Å²) in [5.74, 6) is 0. The molecule has 0 unspecified atom stereocenters. The van der Waals surface area contributed by atoms with Gasteiger partial charge >= 0.3 is 0 Å². The molecule has 1 heterocycles. The zero-order chi connectivity index (χ0) is 11.1. The van der Waals surface area contributed by atoms with Crippen LogP contribution in [-0.4, -0.2) is 13.4 Å². The second-order valence-electron chi connectivity index (χ2n) is 3.22. The van der Waals surface area contributed by atoms with Crippen molar-refractivity contribution >= 4 is 30.6 Å². The Morgan fingerprint density at radius 2 is 2.00 bits per heavy atom. The molecule has 0 aliphatic carbocycles. The highest BCUT2D eigenvalue weighted by Crippen LogP contribution is 2.26. The minimum absolute atomic E-state index is 0.109. The van der Waals surface area contributed by atoms with Gasteiger partial charge in [0.05, 0.1) is 10.4 Å². The van der Waals surface area contributed by atoms with Crippen molar-refractivity contribution in [2.24, 2.45) is 0 Å². The third kappa shape index (κ3) is 1.82. The summed E-state index contributed by atoms with van der Waals surface area (Å²) in [6.07, 6.45) is 1.62. The number of fused-ring (bicyclic) bond motifs is 1. The van der Waals surface area contributed by atoms with E-state index in [1.807, 2.05) is 6.92 Å². The summed E-state index contributed by atoms with van der Waals surface area (Å²) in [5.41, 5.74) is 1.59. The highest BCUT2D eigenvalue weighted by atomic mass is 35.7. The largest absolute Gasteiger partial charge is 0.261 e. The molecule has 1 aromatic carbocycles. The standard InChI is InChI=1S/C10H8ClNO2S/c1-7-4-5-9(15(11,13)14)8-3-2-6-12-10(7)8/h2-6H,1H3. The number of nitrogens with zero attached hydrogens (tertiary/aromatic N) is 1. The van der Waals surface area contributed by atoms with E-state index in [9.17, 15) is 8.42 Å². The van der Waals surface area contributed by atoms with Crippen LogP contribution in [0.5, 0.6) is 0 Å². The molecule has 0 aliphatic heterocycles. The third-order valence-electron chi connectivity index (χ3n) is 2.19. The van der Waals surface area contributed by atoms with E-state index in [4.69, 9.17) is 10.7 Å². The van der Waals surface area contributed by atoms with E-state index in [1.165, 1.54) is 6.07 Å². The predicted octanol–water partition coefficient (Wildman–Crippen LogP) is 2.47. The zero-order valence-corrected chi connectivity index (χ0v) is 9.51. The molecule has 2 aromatic rings. The lowest BCUT2D eigenvalue weighted by atomic mass is 10.1. The summed E-state index contributed by atoms with van der Waals surface area (Å²) in [5, 5.41) is 0.563. The van der Waals surface area contributed by atoms with Crippen molar-refractivity contribution < 1.29 is 8.42 Å². The first kappa shape index (κ1) is 10.4. The molecule has 3 nitrogen and oxygen atoms in total. The minimum atomic E-state index is -3.71. The van der Waals surface area contributed by atoms with E-state index in [1.54, 1.807) is 24.4 Å². The zero-order valence-electron chi connectivity index (χ0n) is 7.94. The summed E-state index contributed by atoms with van der Waals surface area (Å²) < 4.78 is 22.6. The van der Waals surface area contributed by atoms with Gasteiger partial charge in [-0.3, -0.25) is 4.98 Å². The van der Waals surface area contributed by atoms with Crippen molar-refractivity contribution in [3.63, 3.8) is 0 Å². The van der Waals surface area contributed by atoms with Crippen LogP contribution in [0, 0.1) is 6.92 Å². The van der Waals surface area contributed by atoms with E-state index in [0.29, 0.717) is 10.9 Å². The molecule has 0 atom stereocenters. The van der Waals surface area contributed by atoms with Crippen molar-refractivity contribution in [1.82, 2.24) is 4.98 Å². The lowest BCUT2D eigenvalue weighted by molar-refractivity contribution is 0.610. The average Bonchev–Trinajstić information content (AvgIpc) is 2.17. The Balaban J connectivity index is 2.96. The Labute approximate surface area is 92.1 Å².